The van der Waals surface area contributed by atoms with Gasteiger partial charge in [0.05, 0.1) is 29.4 Å². The first-order valence-corrected chi connectivity index (χ1v) is 10.8. The van der Waals surface area contributed by atoms with Crippen LogP contribution in [0.15, 0.2) is 72.8 Å². The molecule has 0 radical (unpaired) electrons. The van der Waals surface area contributed by atoms with Crippen LogP contribution in [0.2, 0.25) is 5.02 Å². The summed E-state index contributed by atoms with van der Waals surface area (Å²) in [6.07, 6.45) is -1.13. The lowest BCUT2D eigenvalue weighted by Crippen LogP contribution is -2.37. The number of nitro groups is 1. The van der Waals surface area contributed by atoms with Crippen LogP contribution in [0.4, 0.5) is 17.1 Å². The highest BCUT2D eigenvalue weighted by atomic mass is 35.5. The molecular weight excluding hydrogens is 462 g/mol. The summed E-state index contributed by atoms with van der Waals surface area (Å²) in [6.45, 7) is 0. The number of hydroxylamine groups is 1. The number of halogens is 1. The number of carbonyl (C=O) groups excluding carboxylic acids is 2. The van der Waals surface area contributed by atoms with E-state index >= 15 is 0 Å². The SMILES string of the molecule is COc1cccc(N2C(=O)[C@H]3[C@@H](ON(c4ccccc4)[C@H]3c3cc([N+](=O)[O-])ccc3Cl)C2=O)c1. The Morgan fingerprint density at radius 2 is 1.71 bits per heavy atom. The van der Waals surface area contributed by atoms with Gasteiger partial charge in [-0.1, -0.05) is 35.9 Å². The molecule has 0 unspecified atom stereocenters. The molecular formula is C24H18ClN3O6. The van der Waals surface area contributed by atoms with Crippen molar-refractivity contribution in [3.63, 3.8) is 0 Å². The second-order valence-electron chi connectivity index (χ2n) is 7.83. The van der Waals surface area contributed by atoms with E-state index in [4.69, 9.17) is 21.2 Å². The van der Waals surface area contributed by atoms with E-state index in [9.17, 15) is 19.7 Å². The number of para-hydroxylation sites is 1. The smallest absolute Gasteiger partial charge is 0.269 e. The highest BCUT2D eigenvalue weighted by molar-refractivity contribution is 6.31. The molecule has 172 valence electrons. The van der Waals surface area contributed by atoms with E-state index in [1.165, 1.54) is 30.4 Å². The van der Waals surface area contributed by atoms with Gasteiger partial charge in [-0.3, -0.25) is 24.5 Å². The average Bonchev–Trinajstić information content (AvgIpc) is 3.35. The molecule has 0 bridgehead atoms. The van der Waals surface area contributed by atoms with Gasteiger partial charge in [-0.25, -0.2) is 9.96 Å². The Hall–Kier alpha value is -3.95. The summed E-state index contributed by atoms with van der Waals surface area (Å²) in [7, 11) is 1.49. The topological polar surface area (TPSA) is 102 Å². The Morgan fingerprint density at radius 1 is 0.971 bits per heavy atom. The number of benzene rings is 3. The van der Waals surface area contributed by atoms with Crippen LogP contribution in [0.1, 0.15) is 11.6 Å². The number of hydrogen-bond acceptors (Lipinski definition) is 7. The molecule has 2 heterocycles. The van der Waals surface area contributed by atoms with E-state index < -0.39 is 34.8 Å². The van der Waals surface area contributed by atoms with Gasteiger partial charge in [0.2, 0.25) is 5.91 Å². The first kappa shape index (κ1) is 21.9. The Labute approximate surface area is 199 Å². The van der Waals surface area contributed by atoms with Crippen molar-refractivity contribution in [2.24, 2.45) is 5.92 Å². The van der Waals surface area contributed by atoms with E-state index in [1.54, 1.807) is 48.5 Å². The maximum absolute atomic E-state index is 13.7. The minimum atomic E-state index is -1.13. The Kier molecular flexibility index (Phi) is 5.43. The molecule has 10 heteroatoms. The maximum Gasteiger partial charge on any atom is 0.269 e. The molecule has 3 aromatic carbocycles. The first-order chi connectivity index (χ1) is 16.4. The molecule has 34 heavy (non-hydrogen) atoms. The third kappa shape index (κ3) is 3.46. The van der Waals surface area contributed by atoms with Crippen molar-refractivity contribution in [3.8, 4) is 5.75 Å². The number of non-ortho nitro benzene ring substituents is 1. The molecule has 2 fully saturated rings. The number of fused-ring (bicyclic) bond motifs is 1. The lowest BCUT2D eigenvalue weighted by Gasteiger charge is -2.29. The van der Waals surface area contributed by atoms with Gasteiger partial charge >= 0.3 is 0 Å². The molecule has 0 spiro atoms. The van der Waals surface area contributed by atoms with Crippen LogP contribution in [0.5, 0.6) is 5.75 Å². The van der Waals surface area contributed by atoms with Crippen molar-refractivity contribution >= 4 is 40.5 Å². The standard InChI is InChI=1S/C24H18ClN3O6/c1-33-17-9-5-8-15(12-17)26-23(29)20-21(18-13-16(28(31)32)10-11-19(18)25)27(34-22(20)24(26)30)14-6-3-2-4-7-14/h2-13,20-22H,1H3/t20-,21+,22-/m1/s1. The van der Waals surface area contributed by atoms with Crippen molar-refractivity contribution in [1.82, 2.24) is 0 Å². The van der Waals surface area contributed by atoms with Gasteiger partial charge in [0.15, 0.2) is 6.10 Å². The number of nitrogens with zero attached hydrogens (tertiary/aromatic N) is 3. The number of nitro benzene ring substituents is 1. The lowest BCUT2D eigenvalue weighted by molar-refractivity contribution is -0.384. The van der Waals surface area contributed by atoms with E-state index in [1.807, 2.05) is 6.07 Å². The minimum Gasteiger partial charge on any atom is -0.497 e. The fourth-order valence-corrected chi connectivity index (χ4v) is 4.63. The number of hydrogen-bond donors (Lipinski definition) is 0. The predicted octanol–water partition coefficient (Wildman–Crippen LogP) is 4.31. The van der Waals surface area contributed by atoms with E-state index in [0.29, 0.717) is 22.7 Å². The minimum absolute atomic E-state index is 0.183. The second-order valence-corrected chi connectivity index (χ2v) is 8.24. The molecule has 2 aliphatic rings. The van der Waals surface area contributed by atoms with Gasteiger partial charge in [-0.05, 0) is 30.3 Å². The molecule has 3 aromatic rings. The number of amides is 2. The Balaban J connectivity index is 1.63. The number of anilines is 2. The summed E-state index contributed by atoms with van der Waals surface area (Å²) < 4.78 is 5.23. The van der Waals surface area contributed by atoms with Crippen LogP contribution in [0.25, 0.3) is 0 Å². The van der Waals surface area contributed by atoms with Crippen molar-refractivity contribution in [3.05, 3.63) is 93.5 Å². The summed E-state index contributed by atoms with van der Waals surface area (Å²) in [5, 5.41) is 13.1. The lowest BCUT2D eigenvalue weighted by atomic mass is 9.90. The highest BCUT2D eigenvalue weighted by Crippen LogP contribution is 2.49. The van der Waals surface area contributed by atoms with Crippen molar-refractivity contribution < 1.29 is 24.1 Å². The number of carbonyl (C=O) groups is 2. The fraction of sp³-hybridized carbons (Fsp3) is 0.167. The Bertz CT molecular complexity index is 1300. The van der Waals surface area contributed by atoms with Gasteiger partial charge in [-0.15, -0.1) is 0 Å². The summed E-state index contributed by atoms with van der Waals surface area (Å²) in [5.74, 6) is -1.51. The summed E-state index contributed by atoms with van der Waals surface area (Å²) in [4.78, 5) is 45.1. The van der Waals surface area contributed by atoms with Crippen LogP contribution in [-0.2, 0) is 14.4 Å². The molecule has 2 aliphatic heterocycles. The zero-order valence-electron chi connectivity index (χ0n) is 17.8. The Morgan fingerprint density at radius 3 is 2.41 bits per heavy atom. The van der Waals surface area contributed by atoms with Gasteiger partial charge in [0.1, 0.15) is 11.7 Å². The summed E-state index contributed by atoms with van der Waals surface area (Å²) in [5.41, 5.74) is 1.07. The zero-order valence-corrected chi connectivity index (χ0v) is 18.6. The first-order valence-electron chi connectivity index (χ1n) is 10.4. The van der Waals surface area contributed by atoms with Crippen molar-refractivity contribution in [2.75, 3.05) is 17.1 Å². The van der Waals surface area contributed by atoms with Crippen LogP contribution >= 0.6 is 11.6 Å². The van der Waals surface area contributed by atoms with Gasteiger partial charge < -0.3 is 4.74 Å². The molecule has 2 saturated heterocycles. The molecule has 5 rings (SSSR count). The molecule has 2 amide bonds. The number of imide groups is 1. The highest BCUT2D eigenvalue weighted by Gasteiger charge is 2.60. The van der Waals surface area contributed by atoms with Crippen LogP contribution < -0.4 is 14.7 Å². The molecule has 9 nitrogen and oxygen atoms in total. The second kappa shape index (κ2) is 8.44. The third-order valence-corrected chi connectivity index (χ3v) is 6.29. The van der Waals surface area contributed by atoms with Crippen LogP contribution in [-0.4, -0.2) is 30.0 Å². The van der Waals surface area contributed by atoms with Crippen molar-refractivity contribution in [1.29, 1.82) is 0 Å². The average molecular weight is 480 g/mol. The van der Waals surface area contributed by atoms with E-state index in [0.717, 1.165) is 4.90 Å². The van der Waals surface area contributed by atoms with Crippen LogP contribution in [0.3, 0.4) is 0 Å². The van der Waals surface area contributed by atoms with Gasteiger partial charge in [-0.2, -0.15) is 0 Å². The molecule has 3 atom stereocenters. The molecule has 0 aliphatic carbocycles. The summed E-state index contributed by atoms with van der Waals surface area (Å²) in [6, 6.07) is 18.6. The fourth-order valence-electron chi connectivity index (χ4n) is 4.40. The number of rotatable bonds is 5. The van der Waals surface area contributed by atoms with Gasteiger partial charge in [0.25, 0.3) is 11.6 Å². The quantitative estimate of drug-likeness (QED) is 0.305. The van der Waals surface area contributed by atoms with E-state index in [-0.39, 0.29) is 10.7 Å². The zero-order chi connectivity index (χ0) is 24.0. The maximum atomic E-state index is 13.7. The van der Waals surface area contributed by atoms with Crippen molar-refractivity contribution in [2.45, 2.75) is 12.1 Å². The van der Waals surface area contributed by atoms with Crippen LogP contribution in [0, 0.1) is 16.0 Å². The molecule has 0 N–H and O–H groups in total. The normalized spacial score (nSPS) is 21.6. The molecule has 0 aromatic heterocycles. The summed E-state index contributed by atoms with van der Waals surface area (Å²) >= 11 is 6.47. The predicted molar refractivity (Wildman–Crippen MR) is 124 cm³/mol. The van der Waals surface area contributed by atoms with E-state index in [2.05, 4.69) is 0 Å². The molecule has 0 saturated carbocycles. The van der Waals surface area contributed by atoms with Gasteiger partial charge in [0, 0.05) is 28.8 Å². The number of ether oxygens (including phenoxy) is 1. The number of methoxy groups -OCH3 is 1. The monoisotopic (exact) mass is 479 g/mol. The third-order valence-electron chi connectivity index (χ3n) is 5.95. The largest absolute Gasteiger partial charge is 0.497 e.